The number of aromatic nitrogens is 1. The number of piperidine rings is 1. The highest BCUT2D eigenvalue weighted by Crippen LogP contribution is 2.30. The molecule has 2 heterocycles. The van der Waals surface area contributed by atoms with Crippen LogP contribution in [0.1, 0.15) is 24.1 Å². The summed E-state index contributed by atoms with van der Waals surface area (Å²) in [5.41, 5.74) is 4.28. The lowest BCUT2D eigenvalue weighted by atomic mass is 9.92. The Morgan fingerprint density at radius 2 is 2.06 bits per heavy atom. The average Bonchev–Trinajstić information content (AvgIpc) is 2.80. The Morgan fingerprint density at radius 3 is 2.87 bits per heavy atom. The van der Waals surface area contributed by atoms with E-state index in [0.717, 1.165) is 54.0 Å². The molecule has 4 rings (SSSR count). The van der Waals surface area contributed by atoms with E-state index in [1.165, 1.54) is 12.1 Å². The Balaban J connectivity index is 1.48. The fourth-order valence-corrected chi connectivity index (χ4v) is 4.11. The summed E-state index contributed by atoms with van der Waals surface area (Å²) in [5, 5.41) is 7.15. The molecular weight excluding hydrogens is 413 g/mol. The van der Waals surface area contributed by atoms with Crippen LogP contribution in [0.4, 0.5) is 10.1 Å². The topological polar surface area (TPSA) is 54.0 Å². The fourth-order valence-electron chi connectivity index (χ4n) is 3.90. The first-order valence-electron chi connectivity index (χ1n) is 10.5. The molecule has 0 bridgehead atoms. The third-order valence-corrected chi connectivity index (χ3v) is 5.88. The maximum atomic E-state index is 13.4. The third-order valence-electron chi connectivity index (χ3n) is 5.58. The van der Waals surface area contributed by atoms with E-state index in [1.807, 2.05) is 36.4 Å². The highest BCUT2D eigenvalue weighted by molar-refractivity contribution is 6.33. The van der Waals surface area contributed by atoms with Gasteiger partial charge in [0.05, 0.1) is 5.02 Å². The van der Waals surface area contributed by atoms with Crippen molar-refractivity contribution in [3.8, 4) is 11.1 Å². The van der Waals surface area contributed by atoms with E-state index in [4.69, 9.17) is 11.6 Å². The van der Waals surface area contributed by atoms with Crippen molar-refractivity contribution in [3.63, 3.8) is 0 Å². The molecule has 1 fully saturated rings. The number of nitrogens with one attached hydrogen (secondary N) is 2. The zero-order valence-corrected chi connectivity index (χ0v) is 18.0. The molecular formula is C25H25ClFN3O. The van der Waals surface area contributed by atoms with Crippen molar-refractivity contribution in [1.82, 2.24) is 10.3 Å². The molecule has 1 atom stereocenters. The van der Waals surface area contributed by atoms with Gasteiger partial charge < -0.3 is 10.6 Å². The second kappa shape index (κ2) is 10.0. The summed E-state index contributed by atoms with van der Waals surface area (Å²) in [4.78, 5) is 17.0. The number of benzene rings is 2. The second-order valence-corrected chi connectivity index (χ2v) is 8.31. The van der Waals surface area contributed by atoms with Crippen LogP contribution in [-0.2, 0) is 17.8 Å². The van der Waals surface area contributed by atoms with Gasteiger partial charge in [0.15, 0.2) is 0 Å². The van der Waals surface area contributed by atoms with Crippen LogP contribution < -0.4 is 10.6 Å². The minimum atomic E-state index is -0.247. The van der Waals surface area contributed by atoms with Gasteiger partial charge in [-0.25, -0.2) is 4.39 Å². The van der Waals surface area contributed by atoms with Crippen molar-refractivity contribution in [1.29, 1.82) is 0 Å². The molecule has 2 N–H and O–H groups in total. The first-order chi connectivity index (χ1) is 15.1. The van der Waals surface area contributed by atoms with Gasteiger partial charge in [0.1, 0.15) is 11.6 Å². The lowest BCUT2D eigenvalue weighted by Gasteiger charge is -2.21. The molecule has 4 nitrogen and oxygen atoms in total. The first kappa shape index (κ1) is 21.5. The van der Waals surface area contributed by atoms with Crippen molar-refractivity contribution in [2.24, 2.45) is 5.92 Å². The molecule has 2 aromatic carbocycles. The summed E-state index contributed by atoms with van der Waals surface area (Å²) in [6, 6.07) is 16.3. The average molecular weight is 438 g/mol. The zero-order chi connectivity index (χ0) is 21.6. The largest absolute Gasteiger partial charge is 0.381 e. The predicted octanol–water partition coefficient (Wildman–Crippen LogP) is 5.26. The summed E-state index contributed by atoms with van der Waals surface area (Å²) >= 11 is 6.44. The van der Waals surface area contributed by atoms with Crippen LogP contribution in [0.3, 0.4) is 0 Å². The molecule has 1 aliphatic heterocycles. The molecule has 0 radical (unpaired) electrons. The lowest BCUT2D eigenvalue weighted by Crippen LogP contribution is -2.35. The molecule has 3 aromatic rings. The third kappa shape index (κ3) is 5.69. The van der Waals surface area contributed by atoms with Crippen LogP contribution in [0.2, 0.25) is 5.02 Å². The summed E-state index contributed by atoms with van der Waals surface area (Å²) in [6.07, 6.45) is 3.90. The Bertz CT molecular complexity index is 1070. The number of ketones is 1. The number of hydrogen-bond donors (Lipinski definition) is 2. The number of Topliss-reactive ketones (excluding diaryl/α,β-unsaturated/α-hetero) is 1. The van der Waals surface area contributed by atoms with Gasteiger partial charge in [0, 0.05) is 48.6 Å². The summed E-state index contributed by atoms with van der Waals surface area (Å²) in [5.74, 6) is 0.0335. The number of carbonyl (C=O) groups is 1. The molecule has 0 spiro atoms. The monoisotopic (exact) mass is 437 g/mol. The highest BCUT2D eigenvalue weighted by atomic mass is 35.5. The predicted molar refractivity (Wildman–Crippen MR) is 123 cm³/mol. The number of nitrogens with zero attached hydrogens (tertiary/aromatic N) is 1. The fraction of sp³-hybridized carbons (Fsp3) is 0.280. The van der Waals surface area contributed by atoms with Crippen molar-refractivity contribution >= 4 is 23.1 Å². The standard InChI is InChI=1S/C25H25ClFN3O/c26-24-16-30-22(13-25(31)19-6-3-9-28-15-19)12-23(24)18-5-2-8-21(11-18)29-14-17-4-1-7-20(27)10-17/h1-2,4-5,7-8,10-12,16,19,28-29H,3,6,9,13-15H2/t19-/m1/s1. The molecule has 0 unspecified atom stereocenters. The molecule has 0 amide bonds. The number of rotatable bonds is 7. The highest BCUT2D eigenvalue weighted by Gasteiger charge is 2.21. The minimum Gasteiger partial charge on any atom is -0.381 e. The quantitative estimate of drug-likeness (QED) is 0.529. The molecule has 1 aromatic heterocycles. The van der Waals surface area contributed by atoms with Gasteiger partial charge in [-0.05, 0) is 60.8 Å². The number of halogens is 2. The van der Waals surface area contributed by atoms with Gasteiger partial charge in [0.25, 0.3) is 0 Å². The van der Waals surface area contributed by atoms with Crippen molar-refractivity contribution in [2.45, 2.75) is 25.8 Å². The summed E-state index contributed by atoms with van der Waals surface area (Å²) in [6.45, 7) is 2.25. The van der Waals surface area contributed by atoms with E-state index < -0.39 is 0 Å². The Hall–Kier alpha value is -2.76. The van der Waals surface area contributed by atoms with E-state index in [0.29, 0.717) is 18.0 Å². The molecule has 1 aliphatic rings. The van der Waals surface area contributed by atoms with Crippen molar-refractivity contribution < 1.29 is 9.18 Å². The smallest absolute Gasteiger partial charge is 0.143 e. The Morgan fingerprint density at radius 1 is 1.19 bits per heavy atom. The number of pyridine rings is 1. The van der Waals surface area contributed by atoms with Crippen LogP contribution >= 0.6 is 11.6 Å². The van der Waals surface area contributed by atoms with Gasteiger partial charge in [-0.1, -0.05) is 35.9 Å². The molecule has 0 saturated carbocycles. The first-order valence-corrected chi connectivity index (χ1v) is 10.9. The molecule has 0 aliphatic carbocycles. The van der Waals surface area contributed by atoms with Gasteiger partial charge in [-0.2, -0.15) is 0 Å². The molecule has 1 saturated heterocycles. The van der Waals surface area contributed by atoms with Crippen LogP contribution in [0.5, 0.6) is 0 Å². The maximum absolute atomic E-state index is 13.4. The maximum Gasteiger partial charge on any atom is 0.143 e. The normalized spacial score (nSPS) is 16.1. The number of anilines is 1. The molecule has 31 heavy (non-hydrogen) atoms. The van der Waals surface area contributed by atoms with E-state index in [1.54, 1.807) is 12.3 Å². The van der Waals surface area contributed by atoms with Gasteiger partial charge in [0.2, 0.25) is 0 Å². The molecule has 6 heteroatoms. The van der Waals surface area contributed by atoms with Crippen LogP contribution in [0, 0.1) is 11.7 Å². The van der Waals surface area contributed by atoms with Crippen molar-refractivity contribution in [2.75, 3.05) is 18.4 Å². The number of hydrogen-bond acceptors (Lipinski definition) is 4. The molecule has 160 valence electrons. The van der Waals surface area contributed by atoms with Crippen LogP contribution in [0.25, 0.3) is 11.1 Å². The van der Waals surface area contributed by atoms with Crippen LogP contribution in [0.15, 0.2) is 60.8 Å². The lowest BCUT2D eigenvalue weighted by molar-refractivity contribution is -0.122. The van der Waals surface area contributed by atoms with Gasteiger partial charge in [-0.3, -0.25) is 9.78 Å². The Kier molecular flexibility index (Phi) is 6.95. The van der Waals surface area contributed by atoms with Crippen LogP contribution in [-0.4, -0.2) is 23.9 Å². The second-order valence-electron chi connectivity index (χ2n) is 7.91. The number of carbonyl (C=O) groups excluding carboxylic acids is 1. The minimum absolute atomic E-state index is 0.0602. The zero-order valence-electron chi connectivity index (χ0n) is 17.2. The summed E-state index contributed by atoms with van der Waals surface area (Å²) in [7, 11) is 0. The van der Waals surface area contributed by atoms with E-state index in [2.05, 4.69) is 15.6 Å². The van der Waals surface area contributed by atoms with Crippen molar-refractivity contribution in [3.05, 3.63) is 82.9 Å². The van der Waals surface area contributed by atoms with E-state index in [9.17, 15) is 9.18 Å². The van der Waals surface area contributed by atoms with Gasteiger partial charge >= 0.3 is 0 Å². The van der Waals surface area contributed by atoms with E-state index >= 15 is 0 Å². The SMILES string of the molecule is O=C(Cc1cc(-c2cccc(NCc3cccc(F)c3)c2)c(Cl)cn1)[C@@H]1CCCNC1. The summed E-state index contributed by atoms with van der Waals surface area (Å²) < 4.78 is 13.4. The van der Waals surface area contributed by atoms with E-state index in [-0.39, 0.29) is 17.5 Å². The van der Waals surface area contributed by atoms with Gasteiger partial charge in [-0.15, -0.1) is 0 Å². The Labute approximate surface area is 186 Å².